The van der Waals surface area contributed by atoms with Gasteiger partial charge >= 0.3 is 0 Å². The number of nitrogens with zero attached hydrogens (tertiary/aromatic N) is 2. The van der Waals surface area contributed by atoms with E-state index in [9.17, 15) is 4.79 Å². The third-order valence-electron chi connectivity index (χ3n) is 4.78. The molecule has 1 amide bonds. The van der Waals surface area contributed by atoms with Gasteiger partial charge in [-0.1, -0.05) is 6.92 Å². The third kappa shape index (κ3) is 5.57. The second kappa shape index (κ2) is 9.04. The van der Waals surface area contributed by atoms with Crippen molar-refractivity contribution in [2.45, 2.75) is 46.3 Å². The zero-order valence-corrected chi connectivity index (χ0v) is 16.4. The summed E-state index contributed by atoms with van der Waals surface area (Å²) in [7, 11) is 0. The molecule has 27 heavy (non-hydrogen) atoms. The lowest BCUT2D eigenvalue weighted by molar-refractivity contribution is 0.0679. The average Bonchev–Trinajstić information content (AvgIpc) is 3.28. The number of benzene rings is 1. The highest BCUT2D eigenvalue weighted by atomic mass is 16.5. The van der Waals surface area contributed by atoms with Gasteiger partial charge in [-0.05, 0) is 62.9 Å². The van der Waals surface area contributed by atoms with Crippen molar-refractivity contribution in [3.8, 4) is 5.75 Å². The van der Waals surface area contributed by atoms with E-state index in [4.69, 9.17) is 9.47 Å². The lowest BCUT2D eigenvalue weighted by atomic mass is 10.1. The minimum Gasteiger partial charge on any atom is -0.491 e. The Bertz CT molecular complexity index is 749. The van der Waals surface area contributed by atoms with Gasteiger partial charge in [-0.3, -0.25) is 9.48 Å². The normalized spacial score (nSPS) is 17.7. The Hall–Kier alpha value is -2.34. The highest BCUT2D eigenvalue weighted by Crippen LogP contribution is 2.16. The van der Waals surface area contributed by atoms with Crippen molar-refractivity contribution >= 4 is 5.91 Å². The van der Waals surface area contributed by atoms with Crippen molar-refractivity contribution < 1.29 is 14.3 Å². The predicted molar refractivity (Wildman–Crippen MR) is 104 cm³/mol. The highest BCUT2D eigenvalue weighted by Gasteiger charge is 2.16. The van der Waals surface area contributed by atoms with E-state index in [0.717, 1.165) is 43.1 Å². The summed E-state index contributed by atoms with van der Waals surface area (Å²) in [5.41, 5.74) is 2.80. The lowest BCUT2D eigenvalue weighted by Crippen LogP contribution is -2.30. The molecule has 1 aliphatic rings. The lowest BCUT2D eigenvalue weighted by Gasteiger charge is -2.14. The molecule has 1 fully saturated rings. The minimum atomic E-state index is -0.0686. The first kappa shape index (κ1) is 19.4. The van der Waals surface area contributed by atoms with Crippen LogP contribution < -0.4 is 10.1 Å². The largest absolute Gasteiger partial charge is 0.491 e. The maximum Gasteiger partial charge on any atom is 0.251 e. The van der Waals surface area contributed by atoms with E-state index in [1.54, 1.807) is 12.1 Å². The molecule has 1 saturated heterocycles. The molecule has 0 radical (unpaired) electrons. The molecule has 1 aliphatic heterocycles. The molecule has 0 spiro atoms. The number of carbonyl (C=O) groups is 1. The summed E-state index contributed by atoms with van der Waals surface area (Å²) in [5, 5.41) is 7.47. The van der Waals surface area contributed by atoms with Crippen LogP contribution in [0.25, 0.3) is 0 Å². The second-order valence-corrected chi connectivity index (χ2v) is 7.39. The van der Waals surface area contributed by atoms with E-state index in [2.05, 4.69) is 23.4 Å². The maximum atomic E-state index is 12.4. The van der Waals surface area contributed by atoms with Crippen LogP contribution in [0.1, 0.15) is 41.5 Å². The predicted octanol–water partition coefficient (Wildman–Crippen LogP) is 3.12. The first-order valence-corrected chi connectivity index (χ1v) is 9.65. The molecule has 2 atom stereocenters. The van der Waals surface area contributed by atoms with Crippen molar-refractivity contribution in [2.75, 3.05) is 19.8 Å². The number of hydrogen-bond acceptors (Lipinski definition) is 4. The highest BCUT2D eigenvalue weighted by molar-refractivity contribution is 5.94. The van der Waals surface area contributed by atoms with Gasteiger partial charge in [-0.2, -0.15) is 5.10 Å². The van der Waals surface area contributed by atoms with Gasteiger partial charge < -0.3 is 14.8 Å². The van der Waals surface area contributed by atoms with Crippen LogP contribution in [0.4, 0.5) is 0 Å². The fourth-order valence-electron chi connectivity index (χ4n) is 3.26. The van der Waals surface area contributed by atoms with Gasteiger partial charge in [0.05, 0.1) is 11.8 Å². The average molecular weight is 371 g/mol. The van der Waals surface area contributed by atoms with E-state index in [0.29, 0.717) is 24.6 Å². The monoisotopic (exact) mass is 371 g/mol. The molecule has 146 valence electrons. The van der Waals surface area contributed by atoms with E-state index >= 15 is 0 Å². The van der Waals surface area contributed by atoms with Crippen LogP contribution in [0.5, 0.6) is 5.75 Å². The summed E-state index contributed by atoms with van der Waals surface area (Å²) in [6.45, 7) is 8.93. The van der Waals surface area contributed by atoms with E-state index < -0.39 is 0 Å². The molecule has 0 unspecified atom stereocenters. The van der Waals surface area contributed by atoms with E-state index in [1.807, 2.05) is 30.7 Å². The van der Waals surface area contributed by atoms with Crippen molar-refractivity contribution in [3.63, 3.8) is 0 Å². The number of ether oxygens (including phenoxy) is 2. The van der Waals surface area contributed by atoms with Crippen molar-refractivity contribution in [1.29, 1.82) is 0 Å². The Labute approximate surface area is 160 Å². The molecule has 3 rings (SSSR count). The number of rotatable bonds is 8. The molecular weight excluding hydrogens is 342 g/mol. The molecule has 1 N–H and O–H groups in total. The van der Waals surface area contributed by atoms with Gasteiger partial charge in [-0.25, -0.2) is 0 Å². The van der Waals surface area contributed by atoms with Gasteiger partial charge in [0.2, 0.25) is 0 Å². The summed E-state index contributed by atoms with van der Waals surface area (Å²) >= 11 is 0. The van der Waals surface area contributed by atoms with Crippen LogP contribution in [0.15, 0.2) is 30.3 Å². The number of aromatic nitrogens is 2. The van der Waals surface area contributed by atoms with Crippen LogP contribution in [0, 0.1) is 19.8 Å². The van der Waals surface area contributed by atoms with Crippen molar-refractivity contribution in [1.82, 2.24) is 15.1 Å². The molecule has 2 aromatic rings. The standard InChI is InChI=1S/C21H29N3O3/c1-15(13-24-17(3)11-16(2)23-24)12-22-21(25)18-6-8-19(9-7-18)27-14-20-5-4-10-26-20/h6-9,11,15,20H,4-5,10,12-14H2,1-3H3,(H,22,25)/t15-,20+/m0/s1. The summed E-state index contributed by atoms with van der Waals surface area (Å²) in [6.07, 6.45) is 2.35. The number of hydrogen-bond donors (Lipinski definition) is 1. The van der Waals surface area contributed by atoms with Crippen molar-refractivity contribution in [2.24, 2.45) is 5.92 Å². The van der Waals surface area contributed by atoms with Crippen LogP contribution in [-0.4, -0.2) is 41.6 Å². The Morgan fingerprint density at radius 3 is 2.78 bits per heavy atom. The number of aryl methyl sites for hydroxylation is 2. The molecule has 0 bridgehead atoms. The minimum absolute atomic E-state index is 0.0686. The van der Waals surface area contributed by atoms with E-state index in [1.165, 1.54) is 0 Å². The molecule has 0 aliphatic carbocycles. The van der Waals surface area contributed by atoms with Gasteiger partial charge in [0.1, 0.15) is 12.4 Å². The maximum absolute atomic E-state index is 12.4. The molecule has 2 heterocycles. The zero-order chi connectivity index (χ0) is 19.2. The fourth-order valence-corrected chi connectivity index (χ4v) is 3.26. The number of amides is 1. The second-order valence-electron chi connectivity index (χ2n) is 7.39. The van der Waals surface area contributed by atoms with Crippen LogP contribution in [0.3, 0.4) is 0 Å². The van der Waals surface area contributed by atoms with Gasteiger partial charge in [-0.15, -0.1) is 0 Å². The molecular formula is C21H29N3O3. The quantitative estimate of drug-likeness (QED) is 0.774. The summed E-state index contributed by atoms with van der Waals surface area (Å²) < 4.78 is 13.3. The molecule has 6 heteroatoms. The van der Waals surface area contributed by atoms with Gasteiger partial charge in [0.15, 0.2) is 0 Å². The van der Waals surface area contributed by atoms with Crippen LogP contribution in [-0.2, 0) is 11.3 Å². The number of carbonyl (C=O) groups excluding carboxylic acids is 1. The summed E-state index contributed by atoms with van der Waals surface area (Å²) in [5.74, 6) is 0.988. The first-order chi connectivity index (χ1) is 13.0. The molecule has 1 aromatic carbocycles. The summed E-state index contributed by atoms with van der Waals surface area (Å²) in [6, 6.07) is 9.33. The topological polar surface area (TPSA) is 65.4 Å². The Morgan fingerprint density at radius 1 is 1.37 bits per heavy atom. The van der Waals surface area contributed by atoms with Gasteiger partial charge in [0.25, 0.3) is 5.91 Å². The molecule has 0 saturated carbocycles. The third-order valence-corrected chi connectivity index (χ3v) is 4.78. The Balaban J connectivity index is 1.43. The molecule has 1 aromatic heterocycles. The van der Waals surface area contributed by atoms with Crippen molar-refractivity contribution in [3.05, 3.63) is 47.3 Å². The van der Waals surface area contributed by atoms with E-state index in [-0.39, 0.29) is 12.0 Å². The van der Waals surface area contributed by atoms with Crippen LogP contribution >= 0.6 is 0 Å². The Morgan fingerprint density at radius 2 is 2.15 bits per heavy atom. The van der Waals surface area contributed by atoms with Crippen LogP contribution in [0.2, 0.25) is 0 Å². The SMILES string of the molecule is Cc1cc(C)n(C[C@@H](C)CNC(=O)c2ccc(OC[C@H]3CCCO3)cc2)n1. The summed E-state index contributed by atoms with van der Waals surface area (Å²) in [4.78, 5) is 12.4. The first-order valence-electron chi connectivity index (χ1n) is 9.65. The molecule has 6 nitrogen and oxygen atoms in total. The zero-order valence-electron chi connectivity index (χ0n) is 16.4. The van der Waals surface area contributed by atoms with Gasteiger partial charge in [0, 0.05) is 31.0 Å². The Kier molecular flexibility index (Phi) is 6.50. The fraction of sp³-hybridized carbons (Fsp3) is 0.524. The smallest absolute Gasteiger partial charge is 0.251 e. The number of nitrogens with one attached hydrogen (secondary N) is 1.